The Morgan fingerprint density at radius 3 is 2.89 bits per heavy atom. The lowest BCUT2D eigenvalue weighted by molar-refractivity contribution is 0.0951. The minimum atomic E-state index is 0. The molecule has 1 aliphatic heterocycles. The van der Waals surface area contributed by atoms with Crippen LogP contribution in [-0.4, -0.2) is 25.0 Å². The zero-order valence-electron chi connectivity index (χ0n) is 11.7. The van der Waals surface area contributed by atoms with Gasteiger partial charge in [0.25, 0.3) is 5.91 Å². The van der Waals surface area contributed by atoms with Crippen molar-refractivity contribution in [3.8, 4) is 0 Å². The maximum Gasteiger partial charge on any atom is 0.251 e. The Morgan fingerprint density at radius 2 is 2.21 bits per heavy atom. The third-order valence-corrected chi connectivity index (χ3v) is 3.58. The minimum Gasteiger partial charge on any atom is -0.352 e. The topological polar surface area (TPSA) is 41.1 Å². The minimum absolute atomic E-state index is 0. The van der Waals surface area contributed by atoms with Gasteiger partial charge in [-0.2, -0.15) is 0 Å². The SMILES string of the molecule is Cc1ccc(C)c(C(=O)NCC[C@H]2CCCN2)c1.Cl. The zero-order valence-corrected chi connectivity index (χ0v) is 12.5. The third-order valence-electron chi connectivity index (χ3n) is 3.58. The maximum absolute atomic E-state index is 12.1. The lowest BCUT2D eigenvalue weighted by Gasteiger charge is -2.12. The molecule has 0 saturated carbocycles. The van der Waals surface area contributed by atoms with E-state index < -0.39 is 0 Å². The number of amides is 1. The predicted molar refractivity (Wildman–Crippen MR) is 81.1 cm³/mol. The second-order valence-corrected chi connectivity index (χ2v) is 5.16. The Labute approximate surface area is 121 Å². The molecule has 0 spiro atoms. The lowest BCUT2D eigenvalue weighted by atomic mass is 10.0. The average molecular weight is 283 g/mol. The molecular formula is C15H23ClN2O. The molecule has 3 nitrogen and oxygen atoms in total. The van der Waals surface area contributed by atoms with Gasteiger partial charge in [0.15, 0.2) is 0 Å². The van der Waals surface area contributed by atoms with Crippen molar-refractivity contribution in [3.63, 3.8) is 0 Å². The molecule has 1 fully saturated rings. The maximum atomic E-state index is 12.1. The van der Waals surface area contributed by atoms with Gasteiger partial charge >= 0.3 is 0 Å². The molecule has 1 aliphatic rings. The fourth-order valence-electron chi connectivity index (χ4n) is 2.44. The monoisotopic (exact) mass is 282 g/mol. The highest BCUT2D eigenvalue weighted by Crippen LogP contribution is 2.11. The van der Waals surface area contributed by atoms with Crippen molar-refractivity contribution in [2.45, 2.75) is 39.2 Å². The average Bonchev–Trinajstić information content (AvgIpc) is 2.85. The number of benzene rings is 1. The summed E-state index contributed by atoms with van der Waals surface area (Å²) >= 11 is 0. The van der Waals surface area contributed by atoms with Crippen LogP contribution in [0.5, 0.6) is 0 Å². The Hall–Kier alpha value is -1.06. The molecule has 1 aromatic carbocycles. The first kappa shape index (κ1) is 16.0. The van der Waals surface area contributed by atoms with E-state index in [1.807, 2.05) is 32.0 Å². The normalized spacial score (nSPS) is 17.9. The summed E-state index contributed by atoms with van der Waals surface area (Å²) < 4.78 is 0. The van der Waals surface area contributed by atoms with Gasteiger partial charge in [0.2, 0.25) is 0 Å². The van der Waals surface area contributed by atoms with Gasteiger partial charge in [-0.1, -0.05) is 17.7 Å². The fourth-order valence-corrected chi connectivity index (χ4v) is 2.44. The van der Waals surface area contributed by atoms with Crippen molar-refractivity contribution in [1.82, 2.24) is 10.6 Å². The van der Waals surface area contributed by atoms with Crippen LogP contribution in [0.15, 0.2) is 18.2 Å². The first-order valence-electron chi connectivity index (χ1n) is 6.75. The Kier molecular flexibility index (Phi) is 6.32. The van der Waals surface area contributed by atoms with E-state index in [-0.39, 0.29) is 18.3 Å². The molecule has 2 N–H and O–H groups in total. The summed E-state index contributed by atoms with van der Waals surface area (Å²) in [5, 5.41) is 6.45. The van der Waals surface area contributed by atoms with Crippen LogP contribution in [0.3, 0.4) is 0 Å². The highest BCUT2D eigenvalue weighted by molar-refractivity contribution is 5.95. The number of nitrogens with one attached hydrogen (secondary N) is 2. The van der Waals surface area contributed by atoms with Crippen molar-refractivity contribution in [1.29, 1.82) is 0 Å². The molecule has 0 aliphatic carbocycles. The van der Waals surface area contributed by atoms with E-state index in [4.69, 9.17) is 0 Å². The predicted octanol–water partition coefficient (Wildman–Crippen LogP) is 2.60. The third kappa shape index (κ3) is 4.51. The van der Waals surface area contributed by atoms with Crippen LogP contribution in [-0.2, 0) is 0 Å². The van der Waals surface area contributed by atoms with Crippen LogP contribution in [0.4, 0.5) is 0 Å². The number of carbonyl (C=O) groups is 1. The summed E-state index contributed by atoms with van der Waals surface area (Å²) in [6.07, 6.45) is 3.52. The summed E-state index contributed by atoms with van der Waals surface area (Å²) in [6.45, 7) is 5.87. The van der Waals surface area contributed by atoms with Crippen molar-refractivity contribution in [2.24, 2.45) is 0 Å². The summed E-state index contributed by atoms with van der Waals surface area (Å²) in [5.41, 5.74) is 2.97. The van der Waals surface area contributed by atoms with Gasteiger partial charge < -0.3 is 10.6 Å². The molecule has 0 unspecified atom stereocenters. The van der Waals surface area contributed by atoms with E-state index in [9.17, 15) is 4.79 Å². The smallest absolute Gasteiger partial charge is 0.251 e. The van der Waals surface area contributed by atoms with Crippen molar-refractivity contribution in [3.05, 3.63) is 34.9 Å². The molecule has 2 rings (SSSR count). The second-order valence-electron chi connectivity index (χ2n) is 5.16. The number of hydrogen-bond donors (Lipinski definition) is 2. The molecule has 1 aromatic rings. The molecule has 19 heavy (non-hydrogen) atoms. The van der Waals surface area contributed by atoms with Gasteiger partial charge in [0.05, 0.1) is 0 Å². The Balaban J connectivity index is 0.00000180. The lowest BCUT2D eigenvalue weighted by Crippen LogP contribution is -2.30. The van der Waals surface area contributed by atoms with E-state index >= 15 is 0 Å². The second kappa shape index (κ2) is 7.51. The van der Waals surface area contributed by atoms with E-state index in [0.717, 1.165) is 36.2 Å². The van der Waals surface area contributed by atoms with Gasteiger partial charge in [-0.3, -0.25) is 4.79 Å². The van der Waals surface area contributed by atoms with Crippen LogP contribution in [0.1, 0.15) is 40.7 Å². The van der Waals surface area contributed by atoms with Gasteiger partial charge in [0, 0.05) is 18.2 Å². The zero-order chi connectivity index (χ0) is 13.0. The molecule has 0 radical (unpaired) electrons. The standard InChI is InChI=1S/C15H22N2O.ClH/c1-11-5-6-12(2)14(10-11)15(18)17-9-7-13-4-3-8-16-13;/h5-6,10,13,16H,3-4,7-9H2,1-2H3,(H,17,18);1H/t13-;/m1./s1. The van der Waals surface area contributed by atoms with Gasteiger partial charge in [-0.05, 0) is 51.3 Å². The largest absolute Gasteiger partial charge is 0.352 e. The van der Waals surface area contributed by atoms with Crippen molar-refractivity contribution in [2.75, 3.05) is 13.1 Å². The first-order chi connectivity index (χ1) is 8.66. The molecule has 0 bridgehead atoms. The number of aryl methyl sites for hydroxylation is 2. The number of carbonyl (C=O) groups excluding carboxylic acids is 1. The highest BCUT2D eigenvalue weighted by Gasteiger charge is 2.14. The molecule has 1 heterocycles. The Bertz CT molecular complexity index is 428. The van der Waals surface area contributed by atoms with Gasteiger partial charge in [-0.25, -0.2) is 0 Å². The van der Waals surface area contributed by atoms with Crippen molar-refractivity contribution < 1.29 is 4.79 Å². The Morgan fingerprint density at radius 1 is 1.42 bits per heavy atom. The van der Waals surface area contributed by atoms with Crippen LogP contribution >= 0.6 is 12.4 Å². The molecule has 0 aromatic heterocycles. The number of halogens is 1. The van der Waals surface area contributed by atoms with E-state index in [0.29, 0.717) is 6.04 Å². The van der Waals surface area contributed by atoms with Gasteiger partial charge in [-0.15, -0.1) is 12.4 Å². The molecular weight excluding hydrogens is 260 g/mol. The van der Waals surface area contributed by atoms with Crippen LogP contribution < -0.4 is 10.6 Å². The number of hydrogen-bond acceptors (Lipinski definition) is 2. The van der Waals surface area contributed by atoms with E-state index in [1.165, 1.54) is 12.8 Å². The number of rotatable bonds is 4. The summed E-state index contributed by atoms with van der Waals surface area (Å²) in [4.78, 5) is 12.1. The highest BCUT2D eigenvalue weighted by atomic mass is 35.5. The van der Waals surface area contributed by atoms with Crippen LogP contribution in [0, 0.1) is 13.8 Å². The fraction of sp³-hybridized carbons (Fsp3) is 0.533. The van der Waals surface area contributed by atoms with E-state index in [2.05, 4.69) is 10.6 Å². The summed E-state index contributed by atoms with van der Waals surface area (Å²) in [5.74, 6) is 0.0502. The molecule has 106 valence electrons. The summed E-state index contributed by atoms with van der Waals surface area (Å²) in [6, 6.07) is 6.58. The van der Waals surface area contributed by atoms with Gasteiger partial charge in [0.1, 0.15) is 0 Å². The molecule has 1 atom stereocenters. The van der Waals surface area contributed by atoms with Crippen molar-refractivity contribution >= 4 is 18.3 Å². The quantitative estimate of drug-likeness (QED) is 0.891. The van der Waals surface area contributed by atoms with Crippen LogP contribution in [0.2, 0.25) is 0 Å². The van der Waals surface area contributed by atoms with Crippen LogP contribution in [0.25, 0.3) is 0 Å². The summed E-state index contributed by atoms with van der Waals surface area (Å²) in [7, 11) is 0. The molecule has 1 saturated heterocycles. The molecule has 4 heteroatoms. The molecule has 1 amide bonds. The van der Waals surface area contributed by atoms with E-state index in [1.54, 1.807) is 0 Å². The first-order valence-corrected chi connectivity index (χ1v) is 6.75.